The molecule has 0 aromatic heterocycles. The maximum absolute atomic E-state index is 6.09. The number of nitrogen functional groups attached to an aromatic ring is 1. The Bertz CT molecular complexity index is 624. The summed E-state index contributed by atoms with van der Waals surface area (Å²) in [5, 5.41) is 0. The fourth-order valence-electron chi connectivity index (χ4n) is 2.35. The summed E-state index contributed by atoms with van der Waals surface area (Å²) in [6.45, 7) is 0. The Balaban J connectivity index is 2.24. The molecule has 0 radical (unpaired) electrons. The van der Waals surface area contributed by atoms with Gasteiger partial charge in [-0.3, -0.25) is 0 Å². The van der Waals surface area contributed by atoms with Crippen LogP contribution in [0.5, 0.6) is 11.5 Å². The van der Waals surface area contributed by atoms with E-state index in [1.807, 2.05) is 49.3 Å². The molecule has 0 fully saturated rings. The van der Waals surface area contributed by atoms with Crippen LogP contribution in [0.2, 0.25) is 0 Å². The molecule has 112 valence electrons. The standard InChI is InChI=1S/C17H22N2O2/c1-19(2)15-7-5-12(10-14(15)18)9-13-6-8-16(20-3)17(11-13)21-4/h5-8,10-11H,9,18H2,1-4H3. The maximum atomic E-state index is 6.09. The second-order valence-corrected chi connectivity index (χ2v) is 5.15. The Morgan fingerprint density at radius 1 is 0.905 bits per heavy atom. The highest BCUT2D eigenvalue weighted by molar-refractivity contribution is 5.68. The highest BCUT2D eigenvalue weighted by Crippen LogP contribution is 2.29. The minimum Gasteiger partial charge on any atom is -0.493 e. The Morgan fingerprint density at radius 2 is 1.52 bits per heavy atom. The van der Waals surface area contributed by atoms with Crippen molar-refractivity contribution < 1.29 is 9.47 Å². The van der Waals surface area contributed by atoms with Gasteiger partial charge in [-0.1, -0.05) is 12.1 Å². The van der Waals surface area contributed by atoms with Gasteiger partial charge < -0.3 is 20.1 Å². The van der Waals surface area contributed by atoms with Crippen molar-refractivity contribution in [1.29, 1.82) is 0 Å². The van der Waals surface area contributed by atoms with Gasteiger partial charge in [0, 0.05) is 14.1 Å². The van der Waals surface area contributed by atoms with Crippen molar-refractivity contribution in [2.75, 3.05) is 38.9 Å². The molecular formula is C17H22N2O2. The predicted molar refractivity (Wildman–Crippen MR) is 87.5 cm³/mol. The van der Waals surface area contributed by atoms with Crippen LogP contribution in [0, 0.1) is 0 Å². The average Bonchev–Trinajstić information content (AvgIpc) is 2.46. The van der Waals surface area contributed by atoms with Crippen LogP contribution < -0.4 is 20.1 Å². The van der Waals surface area contributed by atoms with Crippen molar-refractivity contribution in [3.8, 4) is 11.5 Å². The summed E-state index contributed by atoms with van der Waals surface area (Å²) in [6.07, 6.45) is 0.804. The first-order chi connectivity index (χ1) is 10.0. The molecular weight excluding hydrogens is 264 g/mol. The molecule has 0 heterocycles. The third kappa shape index (κ3) is 3.40. The van der Waals surface area contributed by atoms with Crippen LogP contribution in [0.3, 0.4) is 0 Å². The number of methoxy groups -OCH3 is 2. The third-order valence-electron chi connectivity index (χ3n) is 3.43. The molecule has 2 aromatic rings. The van der Waals surface area contributed by atoms with Crippen molar-refractivity contribution in [1.82, 2.24) is 0 Å². The van der Waals surface area contributed by atoms with E-state index in [0.717, 1.165) is 34.9 Å². The summed E-state index contributed by atoms with van der Waals surface area (Å²) in [5.41, 5.74) is 10.2. The lowest BCUT2D eigenvalue weighted by Crippen LogP contribution is -2.11. The molecule has 0 spiro atoms. The van der Waals surface area contributed by atoms with Crippen LogP contribution in [-0.4, -0.2) is 28.3 Å². The summed E-state index contributed by atoms with van der Waals surface area (Å²) in [6, 6.07) is 12.1. The Labute approximate surface area is 126 Å². The Hall–Kier alpha value is -2.36. The Kier molecular flexibility index (Phi) is 4.58. The molecule has 0 bridgehead atoms. The summed E-state index contributed by atoms with van der Waals surface area (Å²) >= 11 is 0. The second-order valence-electron chi connectivity index (χ2n) is 5.15. The summed E-state index contributed by atoms with van der Waals surface area (Å²) in [5.74, 6) is 1.48. The van der Waals surface area contributed by atoms with Gasteiger partial charge in [0.05, 0.1) is 25.6 Å². The van der Waals surface area contributed by atoms with Crippen LogP contribution in [0.15, 0.2) is 36.4 Å². The highest BCUT2D eigenvalue weighted by Gasteiger charge is 2.07. The molecule has 4 nitrogen and oxygen atoms in total. The van der Waals surface area contributed by atoms with Crippen LogP contribution in [0.1, 0.15) is 11.1 Å². The van der Waals surface area contributed by atoms with Crippen LogP contribution in [-0.2, 0) is 6.42 Å². The van der Waals surface area contributed by atoms with Crippen molar-refractivity contribution in [3.05, 3.63) is 47.5 Å². The van der Waals surface area contributed by atoms with Crippen molar-refractivity contribution in [2.24, 2.45) is 0 Å². The van der Waals surface area contributed by atoms with Crippen LogP contribution in [0.25, 0.3) is 0 Å². The molecule has 0 unspecified atom stereocenters. The predicted octanol–water partition coefficient (Wildman–Crippen LogP) is 2.94. The average molecular weight is 286 g/mol. The number of hydrogen-bond acceptors (Lipinski definition) is 4. The van der Waals surface area contributed by atoms with Gasteiger partial charge in [-0.15, -0.1) is 0 Å². The molecule has 0 amide bonds. The quantitative estimate of drug-likeness (QED) is 0.859. The molecule has 0 aliphatic carbocycles. The van der Waals surface area contributed by atoms with E-state index in [9.17, 15) is 0 Å². The van der Waals surface area contributed by atoms with Gasteiger partial charge in [0.1, 0.15) is 0 Å². The van der Waals surface area contributed by atoms with Crippen LogP contribution >= 0.6 is 0 Å². The van der Waals surface area contributed by atoms with Gasteiger partial charge in [-0.25, -0.2) is 0 Å². The van der Waals surface area contributed by atoms with E-state index in [1.54, 1.807) is 14.2 Å². The number of hydrogen-bond donors (Lipinski definition) is 1. The van der Waals surface area contributed by atoms with E-state index in [4.69, 9.17) is 15.2 Å². The highest BCUT2D eigenvalue weighted by atomic mass is 16.5. The first-order valence-corrected chi connectivity index (χ1v) is 6.81. The van der Waals surface area contributed by atoms with Crippen molar-refractivity contribution in [3.63, 3.8) is 0 Å². The molecule has 2 N–H and O–H groups in total. The largest absolute Gasteiger partial charge is 0.493 e. The molecule has 0 atom stereocenters. The van der Waals surface area contributed by atoms with Gasteiger partial charge in [0.25, 0.3) is 0 Å². The smallest absolute Gasteiger partial charge is 0.160 e. The molecule has 4 heteroatoms. The lowest BCUT2D eigenvalue weighted by molar-refractivity contribution is 0.354. The number of nitrogens with zero attached hydrogens (tertiary/aromatic N) is 1. The number of rotatable bonds is 5. The normalized spacial score (nSPS) is 10.3. The first-order valence-electron chi connectivity index (χ1n) is 6.81. The zero-order valence-electron chi connectivity index (χ0n) is 13.0. The molecule has 0 aliphatic heterocycles. The number of anilines is 2. The zero-order chi connectivity index (χ0) is 15.4. The number of ether oxygens (including phenoxy) is 2. The Morgan fingerprint density at radius 3 is 2.10 bits per heavy atom. The van der Waals surface area contributed by atoms with E-state index < -0.39 is 0 Å². The van der Waals surface area contributed by atoms with Gasteiger partial charge in [-0.05, 0) is 41.8 Å². The SMILES string of the molecule is COc1ccc(Cc2ccc(N(C)C)c(N)c2)cc1OC. The summed E-state index contributed by atoms with van der Waals surface area (Å²) in [7, 11) is 7.25. The maximum Gasteiger partial charge on any atom is 0.160 e. The fourth-order valence-corrected chi connectivity index (χ4v) is 2.35. The minimum absolute atomic E-state index is 0.740. The summed E-state index contributed by atoms with van der Waals surface area (Å²) in [4.78, 5) is 2.01. The summed E-state index contributed by atoms with van der Waals surface area (Å²) < 4.78 is 10.6. The second kappa shape index (κ2) is 6.39. The zero-order valence-corrected chi connectivity index (χ0v) is 13.0. The molecule has 0 aliphatic rings. The molecule has 0 saturated heterocycles. The molecule has 0 saturated carbocycles. The van der Waals surface area contributed by atoms with Gasteiger partial charge >= 0.3 is 0 Å². The fraction of sp³-hybridized carbons (Fsp3) is 0.294. The molecule has 2 aromatic carbocycles. The number of benzene rings is 2. The topological polar surface area (TPSA) is 47.7 Å². The minimum atomic E-state index is 0.740. The van der Waals surface area contributed by atoms with Crippen molar-refractivity contribution >= 4 is 11.4 Å². The van der Waals surface area contributed by atoms with E-state index in [2.05, 4.69) is 6.07 Å². The first kappa shape index (κ1) is 15.0. The van der Waals surface area contributed by atoms with Gasteiger partial charge in [0.2, 0.25) is 0 Å². The lowest BCUT2D eigenvalue weighted by atomic mass is 10.0. The molecule has 2 rings (SSSR count). The number of nitrogens with two attached hydrogens (primary N) is 1. The molecule has 21 heavy (non-hydrogen) atoms. The van der Waals surface area contributed by atoms with E-state index in [0.29, 0.717) is 0 Å². The lowest BCUT2D eigenvalue weighted by Gasteiger charge is -2.16. The van der Waals surface area contributed by atoms with Gasteiger partial charge in [0.15, 0.2) is 11.5 Å². The van der Waals surface area contributed by atoms with Crippen LogP contribution in [0.4, 0.5) is 11.4 Å². The van der Waals surface area contributed by atoms with E-state index in [-0.39, 0.29) is 0 Å². The van der Waals surface area contributed by atoms with E-state index >= 15 is 0 Å². The van der Waals surface area contributed by atoms with Crippen molar-refractivity contribution in [2.45, 2.75) is 6.42 Å². The van der Waals surface area contributed by atoms with E-state index in [1.165, 1.54) is 5.56 Å². The van der Waals surface area contributed by atoms with Gasteiger partial charge in [-0.2, -0.15) is 0 Å². The third-order valence-corrected chi connectivity index (χ3v) is 3.43. The monoisotopic (exact) mass is 286 g/mol.